The van der Waals surface area contributed by atoms with Crippen LogP contribution in [0.5, 0.6) is 0 Å². The first-order valence-corrected chi connectivity index (χ1v) is 9.05. The lowest BCUT2D eigenvalue weighted by Gasteiger charge is -2.36. The molecule has 0 spiro atoms. The Kier molecular flexibility index (Phi) is 6.51. The van der Waals surface area contributed by atoms with Crippen LogP contribution in [0.15, 0.2) is 11.2 Å². The van der Waals surface area contributed by atoms with E-state index in [0.29, 0.717) is 19.5 Å². The highest BCUT2D eigenvalue weighted by Gasteiger charge is 2.35. The molecule has 2 unspecified atom stereocenters. The van der Waals surface area contributed by atoms with E-state index in [0.717, 1.165) is 6.20 Å². The van der Waals surface area contributed by atoms with Gasteiger partial charge in [0.2, 0.25) is 0 Å². The van der Waals surface area contributed by atoms with Crippen LogP contribution >= 0.6 is 0 Å². The summed E-state index contributed by atoms with van der Waals surface area (Å²) in [7, 11) is 1.36. The van der Waals surface area contributed by atoms with E-state index >= 15 is 0 Å². The van der Waals surface area contributed by atoms with E-state index in [1.54, 1.807) is 11.1 Å². The van der Waals surface area contributed by atoms with Crippen molar-refractivity contribution < 1.29 is 22.7 Å². The molecule has 156 valence electrons. The number of piperidine rings is 1. The van der Waals surface area contributed by atoms with E-state index in [4.69, 9.17) is 4.74 Å². The summed E-state index contributed by atoms with van der Waals surface area (Å²) in [6.07, 6.45) is -1.84. The Morgan fingerprint density at radius 3 is 2.61 bits per heavy atom. The minimum Gasteiger partial charge on any atom is -0.444 e. The number of anilines is 1. The van der Waals surface area contributed by atoms with Crippen molar-refractivity contribution in [2.45, 2.75) is 45.9 Å². The van der Waals surface area contributed by atoms with Gasteiger partial charge in [0, 0.05) is 38.5 Å². The lowest BCUT2D eigenvalue weighted by molar-refractivity contribution is -0.137. The van der Waals surface area contributed by atoms with Crippen molar-refractivity contribution in [1.82, 2.24) is 14.9 Å². The highest BCUT2D eigenvalue weighted by molar-refractivity contribution is 5.69. The lowest BCUT2D eigenvalue weighted by Crippen LogP contribution is -2.45. The van der Waals surface area contributed by atoms with Crippen LogP contribution < -0.4 is 5.32 Å². The second-order valence-corrected chi connectivity index (χ2v) is 7.81. The average Bonchev–Trinajstić information content (AvgIpc) is 2.58. The quantitative estimate of drug-likeness (QED) is 0.771. The number of ether oxygens (including phenoxy) is 1. The molecule has 1 fully saturated rings. The number of aromatic nitrogens is 2. The Labute approximate surface area is 162 Å². The third kappa shape index (κ3) is 5.80. The number of hydrogen-bond acceptors (Lipinski definition) is 6. The zero-order valence-electron chi connectivity index (χ0n) is 16.7. The number of nitrogens with zero attached hydrogens (tertiary/aromatic N) is 4. The molecule has 0 radical (unpaired) electrons. The fourth-order valence-electron chi connectivity index (χ4n) is 2.87. The van der Waals surface area contributed by atoms with E-state index < -0.39 is 17.3 Å². The van der Waals surface area contributed by atoms with E-state index in [-0.39, 0.29) is 29.7 Å². The molecule has 1 aliphatic heterocycles. The fourth-order valence-corrected chi connectivity index (χ4v) is 2.87. The smallest absolute Gasteiger partial charge is 0.421 e. The van der Waals surface area contributed by atoms with Gasteiger partial charge in [0.15, 0.2) is 0 Å². The summed E-state index contributed by atoms with van der Waals surface area (Å²) >= 11 is 0. The third-order valence-corrected chi connectivity index (χ3v) is 4.32. The molecule has 0 aliphatic carbocycles. The number of nitrogens with one attached hydrogen (secondary N) is 1. The topological polar surface area (TPSA) is 79.7 Å². The fraction of sp³-hybridized carbons (Fsp3) is 0.667. The molecule has 10 heteroatoms. The first kappa shape index (κ1) is 21.9. The van der Waals surface area contributed by atoms with Crippen LogP contribution in [0.25, 0.3) is 0 Å². The number of alkyl halides is 3. The zero-order valence-corrected chi connectivity index (χ0v) is 16.7. The number of rotatable bonds is 3. The molecule has 2 rings (SSSR count). The molecular weight excluding hydrogens is 375 g/mol. The maximum Gasteiger partial charge on any atom is 0.421 e. The predicted octanol–water partition coefficient (Wildman–Crippen LogP) is 4.13. The lowest BCUT2D eigenvalue weighted by atomic mass is 9.88. The predicted molar refractivity (Wildman–Crippen MR) is 99.8 cm³/mol. The van der Waals surface area contributed by atoms with Crippen molar-refractivity contribution in [3.8, 4) is 0 Å². The van der Waals surface area contributed by atoms with Gasteiger partial charge in [-0.3, -0.25) is 0 Å². The Morgan fingerprint density at radius 2 is 2.07 bits per heavy atom. The van der Waals surface area contributed by atoms with Gasteiger partial charge in [0.25, 0.3) is 5.95 Å². The number of carbonyl (C=O) groups excluding carboxylic acids is 1. The highest BCUT2D eigenvalue weighted by Crippen LogP contribution is 2.34. The summed E-state index contributed by atoms with van der Waals surface area (Å²) in [5.74, 6) is -0.188. The Bertz CT molecular complexity index is 731. The van der Waals surface area contributed by atoms with Gasteiger partial charge in [0.1, 0.15) is 17.0 Å². The Morgan fingerprint density at radius 1 is 1.39 bits per heavy atom. The van der Waals surface area contributed by atoms with Crippen LogP contribution in [0.2, 0.25) is 0 Å². The Balaban J connectivity index is 2.03. The number of halogens is 3. The van der Waals surface area contributed by atoms with Gasteiger partial charge in [-0.25, -0.2) is 14.8 Å². The van der Waals surface area contributed by atoms with E-state index in [9.17, 15) is 18.0 Å². The van der Waals surface area contributed by atoms with Crippen LogP contribution in [0.4, 0.5) is 29.7 Å². The minimum absolute atomic E-state index is 0.0425. The standard InChI is InChI=1S/C18H26F3N5O2/c1-11-10-26(16(27)28-17(2,3)4)7-6-12(11)8-23-15-24-9-13(18(19,20)21)14(22-5)25-15/h8-9,11-12H,6-7,10H2,1-5H3,(H,22,24,25)/b23-8+. The molecule has 28 heavy (non-hydrogen) atoms. The number of aliphatic imine (C=N–C) groups is 1. The molecule has 1 aromatic heterocycles. The van der Waals surface area contributed by atoms with Gasteiger partial charge in [0.05, 0.1) is 0 Å². The summed E-state index contributed by atoms with van der Waals surface area (Å²) in [5.41, 5.74) is -1.49. The first-order chi connectivity index (χ1) is 12.9. The van der Waals surface area contributed by atoms with Crippen LogP contribution in [0.1, 0.15) is 39.7 Å². The molecule has 2 heterocycles. The van der Waals surface area contributed by atoms with Crippen molar-refractivity contribution in [2.75, 3.05) is 25.5 Å². The van der Waals surface area contributed by atoms with Gasteiger partial charge < -0.3 is 15.0 Å². The molecule has 7 nitrogen and oxygen atoms in total. The van der Waals surface area contributed by atoms with Crippen molar-refractivity contribution in [2.24, 2.45) is 16.8 Å². The molecule has 1 N–H and O–H groups in total. The molecule has 1 saturated heterocycles. The number of amides is 1. The van der Waals surface area contributed by atoms with Gasteiger partial charge in [-0.1, -0.05) is 6.92 Å². The van der Waals surface area contributed by atoms with Crippen molar-refractivity contribution in [3.05, 3.63) is 11.8 Å². The monoisotopic (exact) mass is 401 g/mol. The Hall–Kier alpha value is -2.39. The molecule has 1 amide bonds. The van der Waals surface area contributed by atoms with Crippen LogP contribution in [0, 0.1) is 11.8 Å². The number of likely N-dealkylation sites (tertiary alicyclic amines) is 1. The maximum atomic E-state index is 12.9. The molecule has 2 atom stereocenters. The summed E-state index contributed by atoms with van der Waals surface area (Å²) in [6.45, 7) is 8.47. The second-order valence-electron chi connectivity index (χ2n) is 7.81. The van der Waals surface area contributed by atoms with Gasteiger partial charge in [-0.2, -0.15) is 18.2 Å². The normalized spacial score (nSPS) is 21.1. The molecule has 1 aliphatic rings. The highest BCUT2D eigenvalue weighted by atomic mass is 19.4. The summed E-state index contributed by atoms with van der Waals surface area (Å²) in [4.78, 5) is 25.5. The molecule has 0 bridgehead atoms. The minimum atomic E-state index is -4.54. The van der Waals surface area contributed by atoms with Gasteiger partial charge >= 0.3 is 12.3 Å². The van der Waals surface area contributed by atoms with E-state index in [1.807, 2.05) is 27.7 Å². The molecule has 0 saturated carbocycles. The van der Waals surface area contributed by atoms with Gasteiger partial charge in [-0.05, 0) is 33.1 Å². The molecule has 0 aromatic carbocycles. The van der Waals surface area contributed by atoms with Crippen molar-refractivity contribution >= 4 is 24.1 Å². The SMILES string of the molecule is CNc1nc(/N=C/C2CCN(C(=O)OC(C)(C)C)CC2C)ncc1C(F)(F)F. The van der Waals surface area contributed by atoms with Crippen LogP contribution in [-0.2, 0) is 10.9 Å². The zero-order chi connectivity index (χ0) is 21.1. The summed E-state index contributed by atoms with van der Waals surface area (Å²) in [6, 6.07) is 0. The van der Waals surface area contributed by atoms with Crippen LogP contribution in [-0.4, -0.2) is 52.9 Å². The number of carbonyl (C=O) groups is 1. The largest absolute Gasteiger partial charge is 0.444 e. The molecular formula is C18H26F3N5O2. The third-order valence-electron chi connectivity index (χ3n) is 4.32. The van der Waals surface area contributed by atoms with Crippen LogP contribution in [0.3, 0.4) is 0 Å². The van der Waals surface area contributed by atoms with Gasteiger partial charge in [-0.15, -0.1) is 0 Å². The van der Waals surface area contributed by atoms with Crippen molar-refractivity contribution in [3.63, 3.8) is 0 Å². The summed E-state index contributed by atoms with van der Waals surface area (Å²) in [5, 5.41) is 2.42. The van der Waals surface area contributed by atoms with E-state index in [1.165, 1.54) is 7.05 Å². The summed E-state index contributed by atoms with van der Waals surface area (Å²) < 4.78 is 44.1. The maximum absolute atomic E-state index is 12.9. The van der Waals surface area contributed by atoms with E-state index in [2.05, 4.69) is 20.3 Å². The van der Waals surface area contributed by atoms with Crippen molar-refractivity contribution in [1.29, 1.82) is 0 Å². The number of hydrogen-bond donors (Lipinski definition) is 1. The second kappa shape index (κ2) is 8.32. The average molecular weight is 401 g/mol. The molecule has 1 aromatic rings. The first-order valence-electron chi connectivity index (χ1n) is 9.05.